The molecule has 14 heteroatoms. The molecule has 0 amide bonds. The third-order valence-electron chi connectivity index (χ3n) is 2.80. The van der Waals surface area contributed by atoms with Crippen LogP contribution in [-0.2, 0) is 38.1 Å². The summed E-state index contributed by atoms with van der Waals surface area (Å²) in [6, 6.07) is -1.30. The van der Waals surface area contributed by atoms with Gasteiger partial charge in [-0.3, -0.25) is 8.74 Å². The molecule has 0 aromatic rings. The van der Waals surface area contributed by atoms with E-state index in [1.54, 1.807) is 4.72 Å². The predicted molar refractivity (Wildman–Crippen MR) is 69.3 cm³/mol. The van der Waals surface area contributed by atoms with Gasteiger partial charge in [-0.05, 0) is 0 Å². The minimum absolute atomic E-state index is 0.179. The monoisotopic (exact) mass is 367 g/mol. The molecule has 1 rings (SSSR count). The van der Waals surface area contributed by atoms with E-state index in [1.807, 2.05) is 0 Å². The highest BCUT2D eigenvalue weighted by atomic mass is 32.2. The Hall–Kier alpha value is -0.100. The zero-order chi connectivity index (χ0) is 16.8. The number of nitrogens with one attached hydrogen (secondary N) is 1. The molecule has 12 nitrogen and oxygen atoms in total. The van der Waals surface area contributed by atoms with Gasteiger partial charge in [0.25, 0.3) is 0 Å². The van der Waals surface area contributed by atoms with Crippen molar-refractivity contribution in [2.24, 2.45) is 0 Å². The molecular formula is C8H17NO11S2. The van der Waals surface area contributed by atoms with E-state index in [0.717, 1.165) is 0 Å². The minimum atomic E-state index is -4.60. The van der Waals surface area contributed by atoms with Gasteiger partial charge >= 0.3 is 10.3 Å². The van der Waals surface area contributed by atoms with Crippen molar-refractivity contribution in [1.29, 1.82) is 0 Å². The summed E-state index contributed by atoms with van der Waals surface area (Å²) in [7, 11) is -2.11. The van der Waals surface area contributed by atoms with Gasteiger partial charge in [-0.15, -0.1) is 4.33 Å². The fourth-order valence-electron chi connectivity index (χ4n) is 1.97. The van der Waals surface area contributed by atoms with Gasteiger partial charge in [-0.25, -0.2) is 5.26 Å². The summed E-state index contributed by atoms with van der Waals surface area (Å²) in [5.41, 5.74) is 0. The first kappa shape index (κ1) is 19.9. The van der Waals surface area contributed by atoms with Gasteiger partial charge in [0.15, 0.2) is 18.6 Å². The van der Waals surface area contributed by atoms with Crippen LogP contribution in [0.3, 0.4) is 0 Å². The second kappa shape index (κ2) is 9.26. The van der Waals surface area contributed by atoms with Crippen LogP contribution in [-0.4, -0.2) is 74.8 Å². The number of hydrogen-bond acceptors (Lipinski definition) is 11. The Labute approximate surface area is 130 Å². The van der Waals surface area contributed by atoms with Crippen LogP contribution in [0.25, 0.3) is 0 Å². The Kier molecular flexibility index (Phi) is 8.39. The molecule has 22 heavy (non-hydrogen) atoms. The van der Waals surface area contributed by atoms with Crippen molar-refractivity contribution in [1.82, 2.24) is 4.72 Å². The van der Waals surface area contributed by atoms with E-state index in [0.29, 0.717) is 12.3 Å². The molecule has 1 fully saturated rings. The second-order valence-electron chi connectivity index (χ2n) is 4.08. The normalized spacial score (nSPS) is 33.0. The van der Waals surface area contributed by atoms with Crippen LogP contribution in [0, 0.1) is 0 Å². The molecule has 2 unspecified atom stereocenters. The van der Waals surface area contributed by atoms with E-state index >= 15 is 0 Å². The molecule has 132 valence electrons. The topological polar surface area (TPSA) is 162 Å². The van der Waals surface area contributed by atoms with Crippen LogP contribution in [0.1, 0.15) is 0 Å². The van der Waals surface area contributed by atoms with Crippen LogP contribution < -0.4 is 4.72 Å². The van der Waals surface area contributed by atoms with Gasteiger partial charge in [0, 0.05) is 14.2 Å². The average Bonchev–Trinajstić information content (AvgIpc) is 2.45. The number of aliphatic hydroxyl groups is 1. The molecule has 0 spiro atoms. The fraction of sp³-hybridized carbons (Fsp3) is 1.00. The maximum atomic E-state index is 10.9. The number of aliphatic hydroxyl groups excluding tert-OH is 1. The molecule has 0 saturated carbocycles. The quantitative estimate of drug-likeness (QED) is 0.123. The van der Waals surface area contributed by atoms with Gasteiger partial charge in [-0.2, -0.15) is 13.1 Å². The first-order valence-electron chi connectivity index (χ1n) is 5.74. The Balaban J connectivity index is 2.76. The van der Waals surface area contributed by atoms with Crippen molar-refractivity contribution in [3.05, 3.63) is 0 Å². The third-order valence-corrected chi connectivity index (χ3v) is 3.72. The highest BCUT2D eigenvalue weighted by molar-refractivity contribution is 7.89. The molecule has 0 bridgehead atoms. The van der Waals surface area contributed by atoms with Crippen molar-refractivity contribution in [2.75, 3.05) is 20.8 Å². The number of rotatable bonds is 9. The lowest BCUT2D eigenvalue weighted by molar-refractivity contribution is -0.434. The van der Waals surface area contributed by atoms with E-state index in [1.165, 1.54) is 14.2 Å². The molecule has 0 aromatic heterocycles. The summed E-state index contributed by atoms with van der Waals surface area (Å²) in [5, 5.41) is 21.4. The Morgan fingerprint density at radius 2 is 2.00 bits per heavy atom. The van der Waals surface area contributed by atoms with Crippen LogP contribution in [0.2, 0.25) is 0 Å². The highest BCUT2D eigenvalue weighted by Crippen LogP contribution is 2.25. The van der Waals surface area contributed by atoms with Gasteiger partial charge < -0.3 is 19.3 Å². The predicted octanol–water partition coefficient (Wildman–Crippen LogP) is -1.50. The lowest BCUT2D eigenvalue weighted by atomic mass is 9.97. The van der Waals surface area contributed by atoms with Crippen molar-refractivity contribution >= 4 is 22.6 Å². The maximum absolute atomic E-state index is 10.9. The zero-order valence-corrected chi connectivity index (χ0v) is 13.2. The standard InChI is InChI=1S/C8H17NO11S2/c1-15-7-4(3-17-21-20-19-11)18-8(16-2)5(6(7)10)9-22(12,13)14/h4-11H,3H2,1-2H3,(H,12,13,14)/t4?,5?,6-,7-,8+/m0/s1. The van der Waals surface area contributed by atoms with Crippen LogP contribution >= 0.6 is 12.3 Å². The Morgan fingerprint density at radius 1 is 1.32 bits per heavy atom. The van der Waals surface area contributed by atoms with E-state index in [4.69, 9.17) is 28.2 Å². The Morgan fingerprint density at radius 3 is 2.50 bits per heavy atom. The third kappa shape index (κ3) is 5.84. The molecule has 1 heterocycles. The molecule has 1 aliphatic heterocycles. The number of ether oxygens (including phenoxy) is 3. The maximum Gasteiger partial charge on any atom is 0.333 e. The average molecular weight is 367 g/mol. The second-order valence-corrected chi connectivity index (χ2v) is 5.78. The smallest absolute Gasteiger partial charge is 0.333 e. The zero-order valence-electron chi connectivity index (χ0n) is 11.5. The van der Waals surface area contributed by atoms with Crippen LogP contribution in [0.5, 0.6) is 0 Å². The highest BCUT2D eigenvalue weighted by Gasteiger charge is 2.47. The summed E-state index contributed by atoms with van der Waals surface area (Å²) < 4.78 is 56.8. The summed E-state index contributed by atoms with van der Waals surface area (Å²) in [6.45, 7) is -0.179. The lowest BCUT2D eigenvalue weighted by Gasteiger charge is -2.42. The van der Waals surface area contributed by atoms with E-state index in [9.17, 15) is 13.5 Å². The minimum Gasteiger partial charge on any atom is -0.388 e. The molecule has 5 atom stereocenters. The molecule has 0 aliphatic carbocycles. The van der Waals surface area contributed by atoms with E-state index < -0.39 is 40.9 Å². The van der Waals surface area contributed by atoms with Gasteiger partial charge in [0.1, 0.15) is 24.4 Å². The van der Waals surface area contributed by atoms with Crippen molar-refractivity contribution in [2.45, 2.75) is 30.6 Å². The molecule has 4 N–H and O–H groups in total. The summed E-state index contributed by atoms with van der Waals surface area (Å²) in [6.07, 6.45) is -4.48. The Bertz CT molecular complexity index is 420. The number of methoxy groups -OCH3 is 2. The molecule has 1 saturated heterocycles. The number of hydrogen-bond donors (Lipinski definition) is 4. The molecule has 0 aromatic carbocycles. The summed E-state index contributed by atoms with van der Waals surface area (Å²) in [4.78, 5) is 0. The first-order chi connectivity index (χ1) is 10.3. The summed E-state index contributed by atoms with van der Waals surface area (Å²) >= 11 is 0.299. The lowest BCUT2D eigenvalue weighted by Crippen LogP contribution is -2.64. The largest absolute Gasteiger partial charge is 0.388 e. The van der Waals surface area contributed by atoms with Gasteiger partial charge in [0.2, 0.25) is 0 Å². The SMILES string of the molecule is CO[C@@H]1OC(COSOOO)[C@H](OC)[C@@H](O)C1NS(=O)(=O)O. The van der Waals surface area contributed by atoms with Gasteiger partial charge in [0.05, 0.1) is 6.61 Å². The first-order valence-corrected chi connectivity index (χ1v) is 7.85. The molecule has 0 radical (unpaired) electrons. The van der Waals surface area contributed by atoms with E-state index in [-0.39, 0.29) is 6.61 Å². The van der Waals surface area contributed by atoms with Crippen molar-refractivity contribution in [3.8, 4) is 0 Å². The summed E-state index contributed by atoms with van der Waals surface area (Å²) in [5.74, 6) is 0. The molecule has 1 aliphatic rings. The fourth-order valence-corrected chi connectivity index (χ4v) is 2.82. The van der Waals surface area contributed by atoms with Gasteiger partial charge in [-0.1, -0.05) is 5.04 Å². The van der Waals surface area contributed by atoms with Crippen LogP contribution in [0.15, 0.2) is 0 Å². The van der Waals surface area contributed by atoms with Crippen LogP contribution in [0.4, 0.5) is 0 Å². The van der Waals surface area contributed by atoms with E-state index in [2.05, 4.69) is 9.37 Å². The van der Waals surface area contributed by atoms with Crippen molar-refractivity contribution < 1.29 is 51.1 Å². The van der Waals surface area contributed by atoms with Crippen molar-refractivity contribution in [3.63, 3.8) is 0 Å². The molecular weight excluding hydrogens is 350 g/mol.